The molecule has 18 heavy (non-hydrogen) atoms. The Morgan fingerprint density at radius 1 is 1.17 bits per heavy atom. The fourth-order valence-electron chi connectivity index (χ4n) is 2.30. The summed E-state index contributed by atoms with van der Waals surface area (Å²) in [6, 6.07) is 14.5. The van der Waals surface area contributed by atoms with Gasteiger partial charge in [-0.3, -0.25) is 4.98 Å². The highest BCUT2D eigenvalue weighted by atomic mass is 14.6. The summed E-state index contributed by atoms with van der Waals surface area (Å²) in [6.07, 6.45) is 4.24. The lowest BCUT2D eigenvalue weighted by Crippen LogP contribution is -2.24. The molecule has 1 unspecified atom stereocenters. The average molecular weight is 236 g/mol. The van der Waals surface area contributed by atoms with E-state index in [4.69, 9.17) is 0 Å². The van der Waals surface area contributed by atoms with Gasteiger partial charge in [0.25, 0.3) is 0 Å². The van der Waals surface area contributed by atoms with Gasteiger partial charge in [-0.1, -0.05) is 24.3 Å². The average Bonchev–Trinajstić information content (AvgIpc) is 2.40. The van der Waals surface area contributed by atoms with Crippen molar-refractivity contribution in [2.24, 2.45) is 0 Å². The van der Waals surface area contributed by atoms with Crippen LogP contribution in [0.1, 0.15) is 23.6 Å². The van der Waals surface area contributed by atoms with Crippen LogP contribution in [-0.4, -0.2) is 4.98 Å². The first-order valence-electron chi connectivity index (χ1n) is 6.02. The predicted octanol–water partition coefficient (Wildman–Crippen LogP) is 3.41. The lowest BCUT2D eigenvalue weighted by atomic mass is 9.77. The minimum atomic E-state index is -0.493. The zero-order valence-electron chi connectivity index (χ0n) is 10.7. The second kappa shape index (κ2) is 5.01. The van der Waals surface area contributed by atoms with Crippen molar-refractivity contribution in [3.63, 3.8) is 0 Å². The second-order valence-corrected chi connectivity index (χ2v) is 4.79. The summed E-state index contributed by atoms with van der Waals surface area (Å²) in [6.45, 7) is 4.05. The molecule has 0 aliphatic carbocycles. The van der Waals surface area contributed by atoms with Crippen LogP contribution in [0.2, 0.25) is 0 Å². The molecule has 0 N–H and O–H groups in total. The molecule has 0 radical (unpaired) electrons. The molecule has 0 aliphatic rings. The number of benzene rings is 1. The summed E-state index contributed by atoms with van der Waals surface area (Å²) >= 11 is 0. The van der Waals surface area contributed by atoms with Crippen molar-refractivity contribution < 1.29 is 0 Å². The Hall–Kier alpha value is -2.14. The van der Waals surface area contributed by atoms with Gasteiger partial charge in [-0.15, -0.1) is 0 Å². The van der Waals surface area contributed by atoms with E-state index in [1.807, 2.05) is 37.3 Å². The molecule has 2 aromatic rings. The molecule has 0 fully saturated rings. The van der Waals surface area contributed by atoms with Crippen LogP contribution >= 0.6 is 0 Å². The maximum absolute atomic E-state index is 9.56. The minimum absolute atomic E-state index is 0.493. The standard InChI is InChI=1S/C16H16N2/c1-13-5-3-4-6-15(13)16(2,12-17)11-14-7-9-18-10-8-14/h3-10H,11H2,1-2H3. The van der Waals surface area contributed by atoms with E-state index in [9.17, 15) is 5.26 Å². The molecular formula is C16H16N2. The van der Waals surface area contributed by atoms with Gasteiger partial charge in [-0.2, -0.15) is 5.26 Å². The van der Waals surface area contributed by atoms with E-state index in [1.165, 1.54) is 0 Å². The lowest BCUT2D eigenvalue weighted by molar-refractivity contribution is 0.602. The Morgan fingerprint density at radius 2 is 1.83 bits per heavy atom. The fourth-order valence-corrected chi connectivity index (χ4v) is 2.30. The third-order valence-electron chi connectivity index (χ3n) is 3.29. The molecule has 90 valence electrons. The molecule has 1 atom stereocenters. The molecule has 1 aromatic heterocycles. The zero-order valence-corrected chi connectivity index (χ0v) is 10.7. The van der Waals surface area contributed by atoms with Crippen LogP contribution in [0.4, 0.5) is 0 Å². The monoisotopic (exact) mass is 236 g/mol. The smallest absolute Gasteiger partial charge is 0.0837 e. The summed E-state index contributed by atoms with van der Waals surface area (Å²) in [7, 11) is 0. The van der Waals surface area contributed by atoms with E-state index in [-0.39, 0.29) is 0 Å². The van der Waals surface area contributed by atoms with Gasteiger partial charge in [0, 0.05) is 12.4 Å². The van der Waals surface area contributed by atoms with Crippen LogP contribution in [0.3, 0.4) is 0 Å². The Kier molecular flexibility index (Phi) is 3.43. The number of aromatic nitrogens is 1. The lowest BCUT2D eigenvalue weighted by Gasteiger charge is -2.24. The second-order valence-electron chi connectivity index (χ2n) is 4.79. The number of nitriles is 1. The summed E-state index contributed by atoms with van der Waals surface area (Å²) in [4.78, 5) is 4.01. The number of aryl methyl sites for hydroxylation is 1. The molecule has 0 bridgehead atoms. The first-order chi connectivity index (χ1) is 8.65. The highest BCUT2D eigenvalue weighted by molar-refractivity contribution is 5.39. The SMILES string of the molecule is Cc1ccccc1C(C)(C#N)Cc1ccncc1. The fraction of sp³-hybridized carbons (Fsp3) is 0.250. The molecular weight excluding hydrogens is 220 g/mol. The van der Waals surface area contributed by atoms with Crippen molar-refractivity contribution in [2.75, 3.05) is 0 Å². The van der Waals surface area contributed by atoms with Gasteiger partial charge in [-0.05, 0) is 49.1 Å². The number of rotatable bonds is 3. The van der Waals surface area contributed by atoms with Gasteiger partial charge < -0.3 is 0 Å². The largest absolute Gasteiger partial charge is 0.265 e. The summed E-state index contributed by atoms with van der Waals surface area (Å²) in [5, 5.41) is 9.56. The minimum Gasteiger partial charge on any atom is -0.265 e. The third-order valence-corrected chi connectivity index (χ3v) is 3.29. The van der Waals surface area contributed by atoms with Gasteiger partial charge in [0.1, 0.15) is 0 Å². The maximum Gasteiger partial charge on any atom is 0.0837 e. The maximum atomic E-state index is 9.56. The van der Waals surface area contributed by atoms with Crippen molar-refractivity contribution in [1.29, 1.82) is 5.26 Å². The van der Waals surface area contributed by atoms with Crippen molar-refractivity contribution in [2.45, 2.75) is 25.7 Å². The topological polar surface area (TPSA) is 36.7 Å². The van der Waals surface area contributed by atoms with E-state index in [2.05, 4.69) is 24.0 Å². The normalized spacial score (nSPS) is 13.6. The van der Waals surface area contributed by atoms with Gasteiger partial charge in [-0.25, -0.2) is 0 Å². The summed E-state index contributed by atoms with van der Waals surface area (Å²) in [5.41, 5.74) is 2.91. The number of nitrogens with zero attached hydrogens (tertiary/aromatic N) is 2. The molecule has 0 spiro atoms. The molecule has 1 heterocycles. The Balaban J connectivity index is 2.38. The molecule has 0 aliphatic heterocycles. The number of hydrogen-bond acceptors (Lipinski definition) is 2. The van der Waals surface area contributed by atoms with Gasteiger partial charge in [0.2, 0.25) is 0 Å². The molecule has 2 nitrogen and oxygen atoms in total. The zero-order chi connectivity index (χ0) is 13.0. The number of hydrogen-bond donors (Lipinski definition) is 0. The van der Waals surface area contributed by atoms with Gasteiger partial charge in [0.15, 0.2) is 0 Å². The van der Waals surface area contributed by atoms with Crippen molar-refractivity contribution in [3.05, 3.63) is 65.5 Å². The van der Waals surface area contributed by atoms with Crippen molar-refractivity contribution >= 4 is 0 Å². The Morgan fingerprint density at radius 3 is 2.44 bits per heavy atom. The van der Waals surface area contributed by atoms with Gasteiger partial charge in [0.05, 0.1) is 11.5 Å². The van der Waals surface area contributed by atoms with Crippen LogP contribution < -0.4 is 0 Å². The summed E-state index contributed by atoms with van der Waals surface area (Å²) < 4.78 is 0. The molecule has 0 saturated carbocycles. The van der Waals surface area contributed by atoms with E-state index < -0.39 is 5.41 Å². The highest BCUT2D eigenvalue weighted by Crippen LogP contribution is 2.29. The molecule has 2 rings (SSSR count). The van der Waals surface area contributed by atoms with E-state index in [0.717, 1.165) is 16.7 Å². The molecule has 0 saturated heterocycles. The van der Waals surface area contributed by atoms with Crippen LogP contribution in [0, 0.1) is 18.3 Å². The quantitative estimate of drug-likeness (QED) is 0.818. The van der Waals surface area contributed by atoms with Crippen molar-refractivity contribution in [3.8, 4) is 6.07 Å². The van der Waals surface area contributed by atoms with Crippen LogP contribution in [0.5, 0.6) is 0 Å². The summed E-state index contributed by atoms with van der Waals surface area (Å²) in [5.74, 6) is 0. The van der Waals surface area contributed by atoms with E-state index in [1.54, 1.807) is 12.4 Å². The first-order valence-corrected chi connectivity index (χ1v) is 6.02. The first kappa shape index (κ1) is 12.3. The van der Waals surface area contributed by atoms with Crippen LogP contribution in [0.15, 0.2) is 48.8 Å². The Bertz CT molecular complexity index is 569. The molecule has 1 aromatic carbocycles. The van der Waals surface area contributed by atoms with Crippen LogP contribution in [-0.2, 0) is 11.8 Å². The van der Waals surface area contributed by atoms with Gasteiger partial charge >= 0.3 is 0 Å². The van der Waals surface area contributed by atoms with E-state index in [0.29, 0.717) is 6.42 Å². The highest BCUT2D eigenvalue weighted by Gasteiger charge is 2.28. The van der Waals surface area contributed by atoms with Crippen molar-refractivity contribution in [1.82, 2.24) is 4.98 Å². The Labute approximate surface area is 108 Å². The predicted molar refractivity (Wildman–Crippen MR) is 72.1 cm³/mol. The third kappa shape index (κ3) is 2.41. The molecule has 0 amide bonds. The molecule has 2 heteroatoms. The van der Waals surface area contributed by atoms with Crippen LogP contribution in [0.25, 0.3) is 0 Å². The van der Waals surface area contributed by atoms with E-state index >= 15 is 0 Å². The number of pyridine rings is 1.